The molecule has 1 rings (SSSR count). The predicted molar refractivity (Wildman–Crippen MR) is 92.5 cm³/mol. The number of pyridine rings is 1. The van der Waals surface area contributed by atoms with Crippen LogP contribution in [-0.2, 0) is 13.0 Å². The summed E-state index contributed by atoms with van der Waals surface area (Å²) in [5.74, 6) is 0. The average molecular weight is 291 g/mol. The molecule has 0 fully saturated rings. The Balaban J connectivity index is 2.01. The number of hydrogen-bond donors (Lipinski definition) is 0. The molecule has 0 radical (unpaired) electrons. The molecule has 0 N–H and O–H groups in total. The van der Waals surface area contributed by atoms with Gasteiger partial charge in [-0.25, -0.2) is 4.57 Å². The van der Waals surface area contributed by atoms with Gasteiger partial charge in [-0.05, 0) is 6.42 Å². The molecule has 120 valence electrons. The Bertz CT molecular complexity index is 345. The third-order valence-corrected chi connectivity index (χ3v) is 4.29. The van der Waals surface area contributed by atoms with E-state index in [9.17, 15) is 0 Å². The van der Waals surface area contributed by atoms with Gasteiger partial charge in [-0.3, -0.25) is 0 Å². The van der Waals surface area contributed by atoms with Crippen LogP contribution in [0.5, 0.6) is 0 Å². The first kappa shape index (κ1) is 18.2. The monoisotopic (exact) mass is 290 g/mol. The number of hydrogen-bond acceptors (Lipinski definition) is 0. The molecule has 0 aliphatic rings. The van der Waals surface area contributed by atoms with Gasteiger partial charge in [-0.2, -0.15) is 0 Å². The molecule has 1 heterocycles. The molecular formula is C20H36N+. The van der Waals surface area contributed by atoms with Gasteiger partial charge in [0.15, 0.2) is 11.9 Å². The van der Waals surface area contributed by atoms with Crippen LogP contribution in [0.15, 0.2) is 24.4 Å². The Morgan fingerprint density at radius 3 is 1.95 bits per heavy atom. The molecule has 0 aliphatic carbocycles. The quantitative estimate of drug-likeness (QED) is 0.317. The second-order valence-corrected chi connectivity index (χ2v) is 6.32. The van der Waals surface area contributed by atoms with E-state index in [4.69, 9.17) is 0 Å². The Hall–Kier alpha value is -0.850. The molecule has 21 heavy (non-hydrogen) atoms. The Kier molecular flexibility index (Phi) is 11.1. The fraction of sp³-hybridized carbons (Fsp3) is 0.750. The van der Waals surface area contributed by atoms with Crippen LogP contribution in [0.1, 0.15) is 90.2 Å². The Morgan fingerprint density at radius 2 is 1.33 bits per heavy atom. The van der Waals surface area contributed by atoms with Crippen LogP contribution >= 0.6 is 0 Å². The third-order valence-electron chi connectivity index (χ3n) is 4.29. The highest BCUT2D eigenvalue weighted by molar-refractivity contribution is 4.97. The summed E-state index contributed by atoms with van der Waals surface area (Å²) in [5, 5.41) is 0. The van der Waals surface area contributed by atoms with E-state index < -0.39 is 0 Å². The minimum absolute atomic E-state index is 1.16. The van der Waals surface area contributed by atoms with Crippen molar-refractivity contribution in [1.29, 1.82) is 0 Å². The Labute approximate surface area is 132 Å². The van der Waals surface area contributed by atoms with E-state index >= 15 is 0 Å². The minimum Gasteiger partial charge on any atom is -0.202 e. The number of aromatic nitrogens is 1. The van der Waals surface area contributed by atoms with Crippen LogP contribution in [-0.4, -0.2) is 0 Å². The van der Waals surface area contributed by atoms with Crippen LogP contribution in [0, 0.1) is 0 Å². The summed E-state index contributed by atoms with van der Waals surface area (Å²) in [5.41, 5.74) is 1.51. The molecule has 0 saturated carbocycles. The number of rotatable bonds is 13. The van der Waals surface area contributed by atoms with Crippen LogP contribution in [0.25, 0.3) is 0 Å². The highest BCUT2D eigenvalue weighted by atomic mass is 14.9. The highest BCUT2D eigenvalue weighted by Crippen LogP contribution is 2.11. The smallest absolute Gasteiger partial charge is 0.181 e. The zero-order chi connectivity index (χ0) is 15.2. The van der Waals surface area contributed by atoms with Gasteiger partial charge in [0.2, 0.25) is 0 Å². The van der Waals surface area contributed by atoms with Crippen molar-refractivity contribution >= 4 is 0 Å². The van der Waals surface area contributed by atoms with E-state index in [2.05, 4.69) is 42.8 Å². The lowest BCUT2D eigenvalue weighted by molar-refractivity contribution is -0.704. The zero-order valence-corrected chi connectivity index (χ0v) is 14.4. The highest BCUT2D eigenvalue weighted by Gasteiger charge is 2.07. The molecule has 1 heteroatoms. The van der Waals surface area contributed by atoms with E-state index in [0.717, 1.165) is 6.54 Å². The maximum atomic E-state index is 2.42. The summed E-state index contributed by atoms with van der Waals surface area (Å²) in [6.07, 6.45) is 18.9. The summed E-state index contributed by atoms with van der Waals surface area (Å²) in [7, 11) is 0. The average Bonchev–Trinajstić information content (AvgIpc) is 2.51. The molecular weight excluding hydrogens is 254 g/mol. The van der Waals surface area contributed by atoms with E-state index in [1.807, 2.05) is 0 Å². The summed E-state index contributed by atoms with van der Waals surface area (Å²) < 4.78 is 2.42. The molecule has 0 spiro atoms. The van der Waals surface area contributed by atoms with Gasteiger partial charge in [0.05, 0.1) is 0 Å². The predicted octanol–water partition coefficient (Wildman–Crippen LogP) is 5.85. The maximum absolute atomic E-state index is 2.42. The SMILES string of the molecule is CCCCCCCCCCCCc1cccc[n+]1CCC. The molecule has 0 bridgehead atoms. The van der Waals surface area contributed by atoms with Gasteiger partial charge >= 0.3 is 0 Å². The van der Waals surface area contributed by atoms with Gasteiger partial charge < -0.3 is 0 Å². The summed E-state index contributed by atoms with van der Waals surface area (Å²) >= 11 is 0. The normalized spacial score (nSPS) is 11.0. The largest absolute Gasteiger partial charge is 0.202 e. The van der Waals surface area contributed by atoms with Gasteiger partial charge in [0, 0.05) is 25.0 Å². The van der Waals surface area contributed by atoms with Crippen LogP contribution in [0.4, 0.5) is 0 Å². The van der Waals surface area contributed by atoms with E-state index in [1.165, 1.54) is 82.7 Å². The lowest BCUT2D eigenvalue weighted by Crippen LogP contribution is -2.37. The van der Waals surface area contributed by atoms with Crippen molar-refractivity contribution in [3.63, 3.8) is 0 Å². The lowest BCUT2D eigenvalue weighted by atomic mass is 10.0. The lowest BCUT2D eigenvalue weighted by Gasteiger charge is -2.04. The standard InChI is InChI=1S/C20H36N/c1-3-5-6-7-8-9-10-11-12-13-16-20-17-14-15-19-21(20)18-4-2/h14-15,17,19H,3-13,16,18H2,1-2H3/q+1. The van der Waals surface area contributed by atoms with Crippen LogP contribution < -0.4 is 4.57 Å². The summed E-state index contributed by atoms with van der Waals surface area (Å²) in [6, 6.07) is 6.62. The van der Waals surface area contributed by atoms with Crippen molar-refractivity contribution in [3.05, 3.63) is 30.1 Å². The van der Waals surface area contributed by atoms with Crippen molar-refractivity contribution < 1.29 is 4.57 Å². The number of nitrogens with zero attached hydrogens (tertiary/aromatic N) is 1. The summed E-state index contributed by atoms with van der Waals surface area (Å²) in [4.78, 5) is 0. The molecule has 1 nitrogen and oxygen atoms in total. The molecule has 1 aromatic rings. The molecule has 0 aromatic carbocycles. The molecule has 0 amide bonds. The van der Waals surface area contributed by atoms with Crippen molar-refractivity contribution in [3.8, 4) is 0 Å². The molecule has 0 aliphatic heterocycles. The second kappa shape index (κ2) is 12.9. The second-order valence-electron chi connectivity index (χ2n) is 6.32. The summed E-state index contributed by atoms with van der Waals surface area (Å²) in [6.45, 7) is 5.70. The maximum Gasteiger partial charge on any atom is 0.181 e. The fourth-order valence-electron chi connectivity index (χ4n) is 2.99. The van der Waals surface area contributed by atoms with Crippen LogP contribution in [0.3, 0.4) is 0 Å². The molecule has 0 unspecified atom stereocenters. The zero-order valence-electron chi connectivity index (χ0n) is 14.4. The first-order valence-electron chi connectivity index (χ1n) is 9.35. The van der Waals surface area contributed by atoms with Gasteiger partial charge in [0.1, 0.15) is 6.54 Å². The topological polar surface area (TPSA) is 3.88 Å². The van der Waals surface area contributed by atoms with Crippen molar-refractivity contribution in [2.24, 2.45) is 0 Å². The first-order chi connectivity index (χ1) is 10.4. The van der Waals surface area contributed by atoms with E-state index in [-0.39, 0.29) is 0 Å². The van der Waals surface area contributed by atoms with Gasteiger partial charge in [0.25, 0.3) is 0 Å². The van der Waals surface area contributed by atoms with Crippen LogP contribution in [0.2, 0.25) is 0 Å². The number of unbranched alkanes of at least 4 members (excludes halogenated alkanes) is 9. The van der Waals surface area contributed by atoms with Gasteiger partial charge in [-0.15, -0.1) is 0 Å². The third kappa shape index (κ3) is 8.90. The van der Waals surface area contributed by atoms with E-state index in [1.54, 1.807) is 0 Å². The molecule has 1 aromatic heterocycles. The van der Waals surface area contributed by atoms with Crippen molar-refractivity contribution in [2.75, 3.05) is 0 Å². The van der Waals surface area contributed by atoms with Gasteiger partial charge in [-0.1, -0.05) is 77.7 Å². The van der Waals surface area contributed by atoms with E-state index in [0.29, 0.717) is 0 Å². The van der Waals surface area contributed by atoms with Crippen molar-refractivity contribution in [2.45, 2.75) is 97.4 Å². The van der Waals surface area contributed by atoms with Crippen molar-refractivity contribution in [1.82, 2.24) is 0 Å². The first-order valence-corrected chi connectivity index (χ1v) is 9.35. The fourth-order valence-corrected chi connectivity index (χ4v) is 2.99. The number of aryl methyl sites for hydroxylation is 2. The minimum atomic E-state index is 1.16. The molecule has 0 atom stereocenters. The molecule has 0 saturated heterocycles. The Morgan fingerprint density at radius 1 is 0.714 bits per heavy atom.